The molecule has 0 radical (unpaired) electrons. The van der Waals surface area contributed by atoms with Crippen molar-refractivity contribution in [1.29, 1.82) is 0 Å². The normalized spacial score (nSPS) is 0.667. The Bertz CT molecular complexity index is 7.51. The van der Waals surface area contributed by atoms with E-state index in [9.17, 15) is 0 Å². The number of hydrogen-bond donors (Lipinski definition) is 0. The SMILES string of the molecule is [V]=[V].[V]=[V].[W].[W]. The summed E-state index contributed by atoms with van der Waals surface area (Å²) < 4.78 is 0. The van der Waals surface area contributed by atoms with Gasteiger partial charge in [0.1, 0.15) is 0 Å². The van der Waals surface area contributed by atoms with Crippen LogP contribution < -0.4 is 0 Å². The van der Waals surface area contributed by atoms with Crippen molar-refractivity contribution in [2.45, 2.75) is 0 Å². The minimum Gasteiger partial charge on any atom is 0 e. The molecule has 0 atom stereocenters. The van der Waals surface area contributed by atoms with Crippen LogP contribution in [-0.2, 0) is 101 Å². The largest absolute Gasteiger partial charge is 0 e. The maximum Gasteiger partial charge on any atom is 0 e. The van der Waals surface area contributed by atoms with Crippen molar-refractivity contribution < 1.29 is 101 Å². The Labute approximate surface area is 98.5 Å². The maximum atomic E-state index is 2.25. The van der Waals surface area contributed by atoms with Gasteiger partial charge in [0.25, 0.3) is 0 Å². The smallest absolute Gasteiger partial charge is 0 e. The van der Waals surface area contributed by atoms with Crippen LogP contribution >= 0.6 is 0 Å². The van der Waals surface area contributed by atoms with Crippen molar-refractivity contribution in [2.24, 2.45) is 0 Å². The van der Waals surface area contributed by atoms with Gasteiger partial charge in [-0.05, 0) is 0 Å². The second-order valence-corrected chi connectivity index (χ2v) is 0. The average molecular weight is 571 g/mol. The molecule has 0 amide bonds. The molecule has 6 heteroatoms. The molecule has 0 nitrogen and oxygen atoms in total. The maximum absolute atomic E-state index is 2.25. The number of rotatable bonds is 0. The molecule has 0 rings (SSSR count). The summed E-state index contributed by atoms with van der Waals surface area (Å²) in [7, 11) is 0. The van der Waals surface area contributed by atoms with E-state index in [1.807, 2.05) is 0 Å². The van der Waals surface area contributed by atoms with Gasteiger partial charge in [0.05, 0.1) is 0 Å². The second kappa shape index (κ2) is 37.6. The van der Waals surface area contributed by atoms with E-state index >= 15 is 0 Å². The molecule has 0 aliphatic heterocycles. The molecule has 0 spiro atoms. The summed E-state index contributed by atoms with van der Waals surface area (Å²) in [6.45, 7) is 0. The van der Waals surface area contributed by atoms with Crippen LogP contribution in [0.25, 0.3) is 0 Å². The molecule has 0 N–H and O–H groups in total. The fourth-order valence-electron chi connectivity index (χ4n) is 0. The topological polar surface area (TPSA) is 0 Å². The summed E-state index contributed by atoms with van der Waals surface area (Å²) in [5.41, 5.74) is 0. The monoisotopic (exact) mass is 572 g/mol. The third-order valence-electron chi connectivity index (χ3n) is 0. The van der Waals surface area contributed by atoms with Gasteiger partial charge in [-0.15, -0.1) is 0 Å². The van der Waals surface area contributed by atoms with Gasteiger partial charge >= 0.3 is 58.5 Å². The molecule has 0 aliphatic carbocycles. The fraction of sp³-hybridized carbons (Fsp3) is 0. The summed E-state index contributed by atoms with van der Waals surface area (Å²) in [5.74, 6) is 0. The van der Waals surface area contributed by atoms with Crippen molar-refractivity contribution in [1.82, 2.24) is 0 Å². The zero-order valence-electron chi connectivity index (χ0n) is 2.61. The third-order valence-corrected chi connectivity index (χ3v) is 0. The molecule has 0 bridgehead atoms. The first-order valence-corrected chi connectivity index (χ1v) is 6.80. The summed E-state index contributed by atoms with van der Waals surface area (Å²) in [6, 6.07) is 0. The van der Waals surface area contributed by atoms with E-state index in [2.05, 4.69) is 58.5 Å². The van der Waals surface area contributed by atoms with Gasteiger partial charge in [0.15, 0.2) is 0 Å². The predicted molar refractivity (Wildman–Crippen MR) is 0 cm³/mol. The van der Waals surface area contributed by atoms with Crippen molar-refractivity contribution >= 4 is 0 Å². The molecule has 0 saturated carbocycles. The zero-order chi connectivity index (χ0) is 4.00. The van der Waals surface area contributed by atoms with Crippen LogP contribution in [0.3, 0.4) is 0 Å². The minimum absolute atomic E-state index is 0. The summed E-state index contributed by atoms with van der Waals surface area (Å²) in [4.78, 5) is 0. The van der Waals surface area contributed by atoms with E-state index in [1.165, 1.54) is 0 Å². The van der Waals surface area contributed by atoms with Crippen molar-refractivity contribution in [3.05, 3.63) is 0 Å². The molecule has 0 aromatic heterocycles. The van der Waals surface area contributed by atoms with Crippen LogP contribution in [0.4, 0.5) is 0 Å². The molecule has 0 saturated heterocycles. The molecule has 0 fully saturated rings. The fourth-order valence-corrected chi connectivity index (χ4v) is 0. The van der Waals surface area contributed by atoms with Crippen molar-refractivity contribution in [2.75, 3.05) is 0 Å². The Hall–Kier alpha value is 3.71. The van der Waals surface area contributed by atoms with Gasteiger partial charge in [-0.3, -0.25) is 0 Å². The molecule has 0 aromatic rings. The first-order valence-electron chi connectivity index (χ1n) is 0.400. The molecule has 6 heavy (non-hydrogen) atoms. The minimum atomic E-state index is 0. The second-order valence-electron chi connectivity index (χ2n) is 0. The van der Waals surface area contributed by atoms with Crippen molar-refractivity contribution in [3.63, 3.8) is 0 Å². The Morgan fingerprint density at radius 3 is 0.500 bits per heavy atom. The van der Waals surface area contributed by atoms with Crippen LogP contribution in [-0.4, -0.2) is 0 Å². The first kappa shape index (κ1) is 22.6. The molecule has 0 unspecified atom stereocenters. The van der Waals surface area contributed by atoms with Crippen LogP contribution in [0.5, 0.6) is 0 Å². The Morgan fingerprint density at radius 2 is 0.500 bits per heavy atom. The van der Waals surface area contributed by atoms with Crippen LogP contribution in [0, 0.1) is 0 Å². The van der Waals surface area contributed by atoms with Gasteiger partial charge in [0.2, 0.25) is 0 Å². The van der Waals surface area contributed by atoms with Gasteiger partial charge < -0.3 is 0 Å². The third kappa shape index (κ3) is 25.2. The Kier molecular flexibility index (Phi) is 142. The Balaban J connectivity index is -0.00000000500. The molecular formula is V4W2. The standard InChI is InChI=1S/4V.2W. The molecular weight excluding hydrogens is 571 g/mol. The van der Waals surface area contributed by atoms with Crippen LogP contribution in [0.2, 0.25) is 0 Å². The molecule has 32 valence electrons. The van der Waals surface area contributed by atoms with Gasteiger partial charge in [-0.1, -0.05) is 0 Å². The van der Waals surface area contributed by atoms with Gasteiger partial charge in [-0.2, -0.15) is 0 Å². The summed E-state index contributed by atoms with van der Waals surface area (Å²) in [6.07, 6.45) is 0. The van der Waals surface area contributed by atoms with E-state index in [-0.39, 0.29) is 42.1 Å². The van der Waals surface area contributed by atoms with E-state index < -0.39 is 0 Å². The van der Waals surface area contributed by atoms with Gasteiger partial charge in [-0.25, -0.2) is 0 Å². The quantitative estimate of drug-likeness (QED) is 0.384. The summed E-state index contributed by atoms with van der Waals surface area (Å²) in [5, 5.41) is 0. The van der Waals surface area contributed by atoms with Gasteiger partial charge in [0, 0.05) is 42.1 Å². The van der Waals surface area contributed by atoms with E-state index in [0.29, 0.717) is 0 Å². The average Bonchev–Trinajstić information content (AvgIpc) is 1.50. The summed E-state index contributed by atoms with van der Waals surface area (Å²) >= 11 is 9.00. The van der Waals surface area contributed by atoms with Crippen LogP contribution in [0.15, 0.2) is 0 Å². The Morgan fingerprint density at radius 1 is 0.500 bits per heavy atom. The molecule has 0 heterocycles. The molecule has 0 aromatic carbocycles. The van der Waals surface area contributed by atoms with E-state index in [0.717, 1.165) is 0 Å². The molecule has 0 aliphatic rings. The van der Waals surface area contributed by atoms with E-state index in [4.69, 9.17) is 0 Å². The first-order chi connectivity index (χ1) is 2.00. The number of hydrogen-bond acceptors (Lipinski definition) is 0. The zero-order valence-corrected chi connectivity index (χ0v) is 14.1. The van der Waals surface area contributed by atoms with E-state index in [1.54, 1.807) is 0 Å². The van der Waals surface area contributed by atoms with Crippen LogP contribution in [0.1, 0.15) is 0 Å². The van der Waals surface area contributed by atoms with Crippen molar-refractivity contribution in [3.8, 4) is 0 Å². The predicted octanol–water partition coefficient (Wildman–Crippen LogP) is -0.0150.